The highest BCUT2D eigenvalue weighted by atomic mass is 32.1. The van der Waals surface area contributed by atoms with E-state index in [1.54, 1.807) is 29.9 Å². The Balaban J connectivity index is 1.90. The quantitative estimate of drug-likeness (QED) is 0.517. The zero-order chi connectivity index (χ0) is 19.8. The molecular weight excluding hydrogens is 376 g/mol. The number of thiophene rings is 1. The maximum absolute atomic E-state index is 9.50. The molecule has 0 saturated carbocycles. The van der Waals surface area contributed by atoms with Crippen LogP contribution in [0.1, 0.15) is 18.1 Å². The molecule has 0 fully saturated rings. The summed E-state index contributed by atoms with van der Waals surface area (Å²) in [7, 11) is 1.68. The van der Waals surface area contributed by atoms with E-state index in [1.165, 1.54) is 6.33 Å². The van der Waals surface area contributed by atoms with Gasteiger partial charge in [0.15, 0.2) is 5.82 Å². The van der Waals surface area contributed by atoms with Gasteiger partial charge in [0, 0.05) is 22.2 Å². The predicted molar refractivity (Wildman–Crippen MR) is 111 cm³/mol. The highest BCUT2D eigenvalue weighted by Gasteiger charge is 2.20. The van der Waals surface area contributed by atoms with Crippen molar-refractivity contribution in [3.05, 3.63) is 41.9 Å². The lowest BCUT2D eigenvalue weighted by molar-refractivity contribution is 0.0377. The third kappa shape index (κ3) is 3.30. The number of nitrogens with zero attached hydrogens (tertiary/aromatic N) is 3. The van der Waals surface area contributed by atoms with Crippen molar-refractivity contribution in [1.82, 2.24) is 14.6 Å². The van der Waals surface area contributed by atoms with Gasteiger partial charge in [0.05, 0.1) is 31.1 Å². The molecule has 28 heavy (non-hydrogen) atoms. The van der Waals surface area contributed by atoms with Gasteiger partial charge in [-0.25, -0.2) is 9.50 Å². The standard InChI is InChI=1S/C20H22N4O3S/c1-11-4-13-6-16(28-19(13)15(5-11)26-3)17-14(9-27-8-12(2)25)7-24-18(17)20(21)22-10-23-24/h4-7,10,12,25H,8-9H2,1-3H3,(H2,21,22,23). The Morgan fingerprint density at radius 2 is 2.14 bits per heavy atom. The molecule has 0 bridgehead atoms. The average molecular weight is 398 g/mol. The van der Waals surface area contributed by atoms with Gasteiger partial charge in [0.25, 0.3) is 0 Å². The Bertz CT molecular complexity index is 1150. The van der Waals surface area contributed by atoms with Crippen LogP contribution in [0.25, 0.3) is 26.0 Å². The summed E-state index contributed by atoms with van der Waals surface area (Å²) in [5.41, 5.74) is 9.96. The fourth-order valence-electron chi connectivity index (χ4n) is 3.35. The van der Waals surface area contributed by atoms with E-state index < -0.39 is 6.10 Å². The molecule has 0 aliphatic heterocycles. The van der Waals surface area contributed by atoms with E-state index >= 15 is 0 Å². The zero-order valence-electron chi connectivity index (χ0n) is 16.0. The first-order valence-electron chi connectivity index (χ1n) is 8.93. The molecule has 0 spiro atoms. The number of methoxy groups -OCH3 is 1. The number of nitrogens with two attached hydrogens (primary N) is 1. The summed E-state index contributed by atoms with van der Waals surface area (Å²) < 4.78 is 14.1. The first-order valence-corrected chi connectivity index (χ1v) is 9.74. The van der Waals surface area contributed by atoms with Crippen molar-refractivity contribution in [2.24, 2.45) is 0 Å². The van der Waals surface area contributed by atoms with Crippen LogP contribution < -0.4 is 10.5 Å². The van der Waals surface area contributed by atoms with E-state index in [0.717, 1.165) is 42.9 Å². The third-order valence-corrected chi connectivity index (χ3v) is 5.67. The van der Waals surface area contributed by atoms with Crippen molar-refractivity contribution < 1.29 is 14.6 Å². The van der Waals surface area contributed by atoms with Crippen LogP contribution in [-0.4, -0.2) is 39.5 Å². The van der Waals surface area contributed by atoms with Crippen molar-refractivity contribution in [3.63, 3.8) is 0 Å². The normalized spacial score (nSPS) is 12.7. The van der Waals surface area contributed by atoms with Gasteiger partial charge in [0.1, 0.15) is 17.6 Å². The van der Waals surface area contributed by atoms with Gasteiger partial charge in [-0.15, -0.1) is 11.3 Å². The van der Waals surface area contributed by atoms with Crippen LogP contribution >= 0.6 is 11.3 Å². The molecule has 0 aliphatic rings. The molecule has 8 heteroatoms. The molecule has 1 atom stereocenters. The number of ether oxygens (including phenoxy) is 2. The van der Waals surface area contributed by atoms with Gasteiger partial charge in [0.2, 0.25) is 0 Å². The highest BCUT2D eigenvalue weighted by Crippen LogP contribution is 2.43. The SMILES string of the molecule is COc1cc(C)cc2cc(-c3c(COCC(C)O)cn4ncnc(N)c34)sc12. The molecule has 146 valence electrons. The number of aromatic nitrogens is 3. The summed E-state index contributed by atoms with van der Waals surface area (Å²) in [6.45, 7) is 4.34. The fraction of sp³-hybridized carbons (Fsp3) is 0.300. The van der Waals surface area contributed by atoms with E-state index in [1.807, 2.05) is 19.2 Å². The van der Waals surface area contributed by atoms with Gasteiger partial charge in [-0.1, -0.05) is 6.07 Å². The maximum Gasteiger partial charge on any atom is 0.152 e. The van der Waals surface area contributed by atoms with Gasteiger partial charge < -0.3 is 20.3 Å². The minimum absolute atomic E-state index is 0.256. The zero-order valence-corrected chi connectivity index (χ0v) is 16.8. The van der Waals surface area contributed by atoms with E-state index in [-0.39, 0.29) is 6.61 Å². The summed E-state index contributed by atoms with van der Waals surface area (Å²) in [6, 6.07) is 6.31. The van der Waals surface area contributed by atoms with E-state index in [4.69, 9.17) is 15.2 Å². The molecule has 0 radical (unpaired) electrons. The number of aliphatic hydroxyl groups is 1. The van der Waals surface area contributed by atoms with Crippen molar-refractivity contribution in [1.29, 1.82) is 0 Å². The number of aliphatic hydroxyl groups excluding tert-OH is 1. The lowest BCUT2D eigenvalue weighted by atomic mass is 10.1. The average Bonchev–Trinajstić information content (AvgIpc) is 3.22. The molecule has 4 aromatic rings. The number of fused-ring (bicyclic) bond motifs is 2. The minimum atomic E-state index is -0.526. The summed E-state index contributed by atoms with van der Waals surface area (Å²) in [6.07, 6.45) is 2.81. The topological polar surface area (TPSA) is 94.9 Å². The van der Waals surface area contributed by atoms with Crippen LogP contribution in [0.3, 0.4) is 0 Å². The number of anilines is 1. The van der Waals surface area contributed by atoms with Crippen LogP contribution in [-0.2, 0) is 11.3 Å². The second-order valence-corrected chi connectivity index (χ2v) is 7.88. The van der Waals surface area contributed by atoms with Gasteiger partial charge >= 0.3 is 0 Å². The molecule has 0 saturated heterocycles. The number of hydrogen-bond acceptors (Lipinski definition) is 7. The van der Waals surface area contributed by atoms with E-state index in [9.17, 15) is 5.11 Å². The Hall–Kier alpha value is -2.68. The Labute approximate surface area is 166 Å². The minimum Gasteiger partial charge on any atom is -0.495 e. The molecular formula is C20H22N4O3S. The van der Waals surface area contributed by atoms with Crippen molar-refractivity contribution >= 4 is 32.8 Å². The second kappa shape index (κ2) is 7.38. The smallest absolute Gasteiger partial charge is 0.152 e. The number of benzene rings is 1. The van der Waals surface area contributed by atoms with Crippen LogP contribution in [0.2, 0.25) is 0 Å². The monoisotopic (exact) mass is 398 g/mol. The van der Waals surface area contributed by atoms with Crippen molar-refractivity contribution in [3.8, 4) is 16.2 Å². The Morgan fingerprint density at radius 1 is 1.32 bits per heavy atom. The Kier molecular flexibility index (Phi) is 4.92. The summed E-state index contributed by atoms with van der Waals surface area (Å²) >= 11 is 1.64. The van der Waals surface area contributed by atoms with Crippen molar-refractivity contribution in [2.45, 2.75) is 26.6 Å². The van der Waals surface area contributed by atoms with Crippen LogP contribution in [0.15, 0.2) is 30.7 Å². The lowest BCUT2D eigenvalue weighted by Crippen LogP contribution is -2.10. The summed E-state index contributed by atoms with van der Waals surface area (Å²) in [5.74, 6) is 1.26. The number of hydrogen-bond donors (Lipinski definition) is 2. The van der Waals surface area contributed by atoms with Crippen LogP contribution in [0, 0.1) is 6.92 Å². The molecule has 0 amide bonds. The van der Waals surface area contributed by atoms with E-state index in [2.05, 4.69) is 22.2 Å². The second-order valence-electron chi connectivity index (χ2n) is 6.83. The Morgan fingerprint density at radius 3 is 2.89 bits per heavy atom. The van der Waals surface area contributed by atoms with Gasteiger partial charge in [-0.3, -0.25) is 0 Å². The summed E-state index contributed by atoms with van der Waals surface area (Å²) in [4.78, 5) is 5.20. The molecule has 3 heterocycles. The molecule has 7 nitrogen and oxygen atoms in total. The fourth-order valence-corrected chi connectivity index (χ4v) is 4.56. The largest absolute Gasteiger partial charge is 0.495 e. The van der Waals surface area contributed by atoms with Crippen LogP contribution in [0.5, 0.6) is 5.75 Å². The van der Waals surface area contributed by atoms with E-state index in [0.29, 0.717) is 12.4 Å². The summed E-state index contributed by atoms with van der Waals surface area (Å²) in [5, 5.41) is 14.9. The third-order valence-electron chi connectivity index (χ3n) is 4.49. The lowest BCUT2D eigenvalue weighted by Gasteiger charge is -2.07. The first-order chi connectivity index (χ1) is 13.5. The van der Waals surface area contributed by atoms with Crippen LogP contribution in [0.4, 0.5) is 5.82 Å². The first kappa shape index (κ1) is 18.7. The molecule has 3 aromatic heterocycles. The molecule has 3 N–H and O–H groups in total. The van der Waals surface area contributed by atoms with Gasteiger partial charge in [-0.05, 0) is 36.9 Å². The number of rotatable bonds is 6. The number of nitrogen functional groups attached to an aromatic ring is 1. The molecule has 1 unspecified atom stereocenters. The highest BCUT2D eigenvalue weighted by molar-refractivity contribution is 7.22. The van der Waals surface area contributed by atoms with Gasteiger partial charge in [-0.2, -0.15) is 5.10 Å². The molecule has 4 rings (SSSR count). The van der Waals surface area contributed by atoms with Crippen molar-refractivity contribution in [2.75, 3.05) is 19.5 Å². The maximum atomic E-state index is 9.50. The molecule has 0 aliphatic carbocycles. The predicted octanol–water partition coefficient (Wildman–Crippen LogP) is 3.41. The molecule has 1 aromatic carbocycles. The number of aryl methyl sites for hydroxylation is 1.